The molecule has 7 rings (SSSR count). The average Bonchev–Trinajstić information content (AvgIpc) is 3.34. The van der Waals surface area contributed by atoms with Crippen molar-refractivity contribution in [3.63, 3.8) is 0 Å². The second-order valence-electron chi connectivity index (χ2n) is 11.7. The summed E-state index contributed by atoms with van der Waals surface area (Å²) in [6.07, 6.45) is 1.43. The lowest BCUT2D eigenvalue weighted by Crippen LogP contribution is -2.60. The molecule has 0 aromatic heterocycles. The number of hydrogen-bond donors (Lipinski definition) is 2. The van der Waals surface area contributed by atoms with Crippen LogP contribution in [-0.4, -0.2) is 48.8 Å². The summed E-state index contributed by atoms with van der Waals surface area (Å²) in [4.78, 5) is 50.9. The minimum absolute atomic E-state index is 0.0389. The molecule has 6 atom stereocenters. The topological polar surface area (TPSA) is 124 Å². The lowest BCUT2D eigenvalue weighted by atomic mass is 9.56. The molecule has 3 aromatic carbocycles. The van der Waals surface area contributed by atoms with Crippen LogP contribution in [0.2, 0.25) is 0 Å². The standard InChI is InChI=1S/C33H25Cl2FN2O7/c34-32-15-24-21(12-13-23-26(24)29(41)38(44)28(23)40)27(22-11-10-20(14-25(22)39)45-16-17-4-2-1-3-5-17)33(32,35)31(43)37(30(32)42)19-8-6-18(36)7-9-19/h1-12,14,23-24,26-27,39,44H,13,15-16H2. The number of anilines is 1. The van der Waals surface area contributed by atoms with Crippen LogP contribution in [0.1, 0.15) is 29.9 Å². The molecule has 2 N–H and O–H groups in total. The van der Waals surface area contributed by atoms with Gasteiger partial charge < -0.3 is 9.84 Å². The quantitative estimate of drug-likeness (QED) is 0.171. The van der Waals surface area contributed by atoms with Crippen LogP contribution in [0.5, 0.6) is 11.5 Å². The summed E-state index contributed by atoms with van der Waals surface area (Å²) >= 11 is 14.5. The first-order valence-corrected chi connectivity index (χ1v) is 15.0. The van der Waals surface area contributed by atoms with Crippen molar-refractivity contribution >= 4 is 52.5 Å². The number of phenolic OH excluding ortho intramolecular Hbond substituents is 1. The van der Waals surface area contributed by atoms with E-state index in [0.29, 0.717) is 11.3 Å². The lowest BCUT2D eigenvalue weighted by Gasteiger charge is -2.50. The molecule has 2 saturated heterocycles. The summed E-state index contributed by atoms with van der Waals surface area (Å²) in [5.41, 5.74) is 1.52. The second-order valence-corrected chi connectivity index (χ2v) is 13.0. The number of fused-ring (bicyclic) bond motifs is 4. The Morgan fingerprint density at radius 1 is 0.911 bits per heavy atom. The van der Waals surface area contributed by atoms with Crippen LogP contribution >= 0.6 is 23.2 Å². The van der Waals surface area contributed by atoms with Gasteiger partial charge in [0, 0.05) is 17.5 Å². The van der Waals surface area contributed by atoms with Crippen molar-refractivity contribution in [1.29, 1.82) is 0 Å². The van der Waals surface area contributed by atoms with Crippen LogP contribution in [0.4, 0.5) is 10.1 Å². The van der Waals surface area contributed by atoms with E-state index in [1.807, 2.05) is 30.3 Å². The number of hydroxylamine groups is 2. The van der Waals surface area contributed by atoms with Gasteiger partial charge in [-0.3, -0.25) is 24.4 Å². The van der Waals surface area contributed by atoms with Crippen molar-refractivity contribution in [2.24, 2.45) is 17.8 Å². The van der Waals surface area contributed by atoms with E-state index in [2.05, 4.69) is 0 Å². The van der Waals surface area contributed by atoms with Crippen molar-refractivity contribution in [3.8, 4) is 11.5 Å². The fourth-order valence-electron chi connectivity index (χ4n) is 7.33. The Morgan fingerprint density at radius 3 is 2.31 bits per heavy atom. The van der Waals surface area contributed by atoms with Crippen molar-refractivity contribution in [3.05, 3.63) is 101 Å². The molecule has 45 heavy (non-hydrogen) atoms. The molecular formula is C33H25Cl2FN2O7. The third kappa shape index (κ3) is 4.16. The number of amides is 4. The molecule has 2 heterocycles. The summed E-state index contributed by atoms with van der Waals surface area (Å²) in [6.45, 7) is 0.219. The van der Waals surface area contributed by atoms with E-state index in [4.69, 9.17) is 27.9 Å². The van der Waals surface area contributed by atoms with E-state index in [1.54, 1.807) is 12.1 Å². The molecule has 230 valence electrons. The third-order valence-electron chi connectivity index (χ3n) is 9.43. The minimum atomic E-state index is -2.20. The number of carbonyl (C=O) groups excluding carboxylic acids is 4. The maximum atomic E-state index is 14.3. The van der Waals surface area contributed by atoms with Gasteiger partial charge in [-0.05, 0) is 54.7 Å². The van der Waals surface area contributed by atoms with Gasteiger partial charge in [0.05, 0.1) is 17.5 Å². The highest BCUT2D eigenvalue weighted by molar-refractivity contribution is 6.58. The first-order chi connectivity index (χ1) is 21.5. The fourth-order valence-corrected chi connectivity index (χ4v) is 8.25. The predicted octanol–water partition coefficient (Wildman–Crippen LogP) is 5.06. The molecular weight excluding hydrogens is 626 g/mol. The van der Waals surface area contributed by atoms with E-state index in [-0.39, 0.29) is 41.5 Å². The number of alkyl halides is 2. The number of ether oxygens (including phenoxy) is 1. The number of nitrogens with zero attached hydrogens (tertiary/aromatic N) is 2. The van der Waals surface area contributed by atoms with Gasteiger partial charge in [-0.1, -0.05) is 48.0 Å². The number of halogens is 3. The number of rotatable bonds is 5. The van der Waals surface area contributed by atoms with E-state index in [0.717, 1.165) is 22.6 Å². The molecule has 2 aliphatic carbocycles. The van der Waals surface area contributed by atoms with Gasteiger partial charge >= 0.3 is 0 Å². The smallest absolute Gasteiger partial charge is 0.258 e. The zero-order chi connectivity index (χ0) is 31.8. The average molecular weight is 651 g/mol. The lowest BCUT2D eigenvalue weighted by molar-refractivity contribution is -0.173. The number of imide groups is 2. The maximum absolute atomic E-state index is 14.3. The van der Waals surface area contributed by atoms with Crippen molar-refractivity contribution in [2.75, 3.05) is 4.90 Å². The van der Waals surface area contributed by atoms with Crippen LogP contribution < -0.4 is 9.64 Å². The Hall–Kier alpha value is -4.25. The van der Waals surface area contributed by atoms with Gasteiger partial charge in [0.2, 0.25) is 0 Å². The van der Waals surface area contributed by atoms with Crippen molar-refractivity contribution < 1.29 is 38.6 Å². The highest BCUT2D eigenvalue weighted by Crippen LogP contribution is 2.66. The van der Waals surface area contributed by atoms with E-state index in [1.165, 1.54) is 24.3 Å². The monoisotopic (exact) mass is 650 g/mol. The fraction of sp³-hybridized carbons (Fsp3) is 0.273. The molecule has 0 radical (unpaired) electrons. The predicted molar refractivity (Wildman–Crippen MR) is 159 cm³/mol. The normalized spacial score (nSPS) is 30.6. The van der Waals surface area contributed by atoms with Gasteiger partial charge in [0.15, 0.2) is 9.75 Å². The van der Waals surface area contributed by atoms with Gasteiger partial charge in [-0.2, -0.15) is 5.06 Å². The number of hydrogen-bond acceptors (Lipinski definition) is 7. The van der Waals surface area contributed by atoms with Crippen LogP contribution in [-0.2, 0) is 25.8 Å². The summed E-state index contributed by atoms with van der Waals surface area (Å²) < 4.78 is 19.6. The minimum Gasteiger partial charge on any atom is -0.508 e. The van der Waals surface area contributed by atoms with Crippen molar-refractivity contribution in [1.82, 2.24) is 5.06 Å². The third-order valence-corrected chi connectivity index (χ3v) is 10.8. The van der Waals surface area contributed by atoms with Crippen LogP contribution in [0, 0.1) is 23.6 Å². The maximum Gasteiger partial charge on any atom is 0.258 e. The number of phenols is 1. The van der Waals surface area contributed by atoms with Crippen LogP contribution in [0.3, 0.4) is 0 Å². The first kappa shape index (κ1) is 29.5. The molecule has 6 unspecified atom stereocenters. The number of carbonyl (C=O) groups is 4. The van der Waals surface area contributed by atoms with Crippen LogP contribution in [0.25, 0.3) is 0 Å². The Morgan fingerprint density at radius 2 is 1.62 bits per heavy atom. The van der Waals surface area contributed by atoms with Crippen LogP contribution in [0.15, 0.2) is 84.4 Å². The van der Waals surface area contributed by atoms with Gasteiger partial charge in [-0.15, -0.1) is 23.2 Å². The largest absolute Gasteiger partial charge is 0.508 e. The Kier molecular flexibility index (Phi) is 6.81. The SMILES string of the molecule is O=C1C2CC=C3C(CC4(Cl)C(=O)N(c5ccc(F)cc5)C(=O)C4(Cl)C3c3ccc(OCc4ccccc4)cc3O)C2C(=O)N1O. The molecule has 0 bridgehead atoms. The number of aromatic hydroxyl groups is 1. The Balaban J connectivity index is 1.36. The summed E-state index contributed by atoms with van der Waals surface area (Å²) in [5, 5.41) is 21.7. The summed E-state index contributed by atoms with van der Waals surface area (Å²) in [7, 11) is 0. The number of allylic oxidation sites excluding steroid dienone is 2. The Bertz CT molecular complexity index is 1800. The summed E-state index contributed by atoms with van der Waals surface area (Å²) in [6, 6.07) is 18.5. The van der Waals surface area contributed by atoms with Gasteiger partial charge in [-0.25, -0.2) is 9.29 Å². The highest BCUT2D eigenvalue weighted by Gasteiger charge is 2.77. The molecule has 4 aliphatic rings. The molecule has 9 nitrogen and oxygen atoms in total. The molecule has 0 spiro atoms. The highest BCUT2D eigenvalue weighted by atomic mass is 35.5. The zero-order valence-electron chi connectivity index (χ0n) is 23.4. The van der Waals surface area contributed by atoms with E-state index >= 15 is 0 Å². The molecule has 1 saturated carbocycles. The molecule has 12 heteroatoms. The summed E-state index contributed by atoms with van der Waals surface area (Å²) in [5.74, 6) is -8.05. The first-order valence-electron chi connectivity index (χ1n) is 14.3. The molecule has 3 fully saturated rings. The molecule has 3 aromatic rings. The molecule has 2 aliphatic heterocycles. The van der Waals surface area contributed by atoms with Crippen molar-refractivity contribution in [2.45, 2.75) is 35.1 Å². The molecule has 4 amide bonds. The van der Waals surface area contributed by atoms with Gasteiger partial charge in [0.25, 0.3) is 23.6 Å². The van der Waals surface area contributed by atoms with E-state index < -0.39 is 62.9 Å². The Labute approximate surface area is 266 Å². The zero-order valence-corrected chi connectivity index (χ0v) is 24.9. The number of benzene rings is 3. The van der Waals surface area contributed by atoms with Gasteiger partial charge in [0.1, 0.15) is 23.9 Å². The second kappa shape index (κ2) is 10.4. The van der Waals surface area contributed by atoms with E-state index in [9.17, 15) is 33.9 Å².